The fourth-order valence-corrected chi connectivity index (χ4v) is 4.30. The molecule has 1 aromatic carbocycles. The van der Waals surface area contributed by atoms with Gasteiger partial charge in [0.1, 0.15) is 5.75 Å². The van der Waals surface area contributed by atoms with Gasteiger partial charge in [-0.3, -0.25) is 9.79 Å². The van der Waals surface area contributed by atoms with E-state index in [0.29, 0.717) is 18.4 Å². The molecule has 160 valence electrons. The van der Waals surface area contributed by atoms with Crippen molar-refractivity contribution < 1.29 is 9.53 Å². The molecule has 1 unspecified atom stereocenters. The number of nitrogens with one attached hydrogen (secondary N) is 1. The van der Waals surface area contributed by atoms with Crippen molar-refractivity contribution in [3.8, 4) is 5.75 Å². The minimum absolute atomic E-state index is 0.315. The Morgan fingerprint density at radius 3 is 2.66 bits per heavy atom. The highest BCUT2D eigenvalue weighted by atomic mass is 16.5. The van der Waals surface area contributed by atoms with Gasteiger partial charge in [0.05, 0.1) is 7.11 Å². The number of hydrogen-bond donors (Lipinski definition) is 1. The van der Waals surface area contributed by atoms with Crippen LogP contribution in [0, 0.1) is 0 Å². The number of ether oxygens (including phenoxy) is 1. The van der Waals surface area contributed by atoms with Gasteiger partial charge in [-0.1, -0.05) is 13.0 Å². The van der Waals surface area contributed by atoms with Gasteiger partial charge in [-0.15, -0.1) is 0 Å². The number of carbonyl (C=O) groups is 1. The molecule has 1 atom stereocenters. The Morgan fingerprint density at radius 2 is 2.03 bits per heavy atom. The smallest absolute Gasteiger partial charge is 0.222 e. The van der Waals surface area contributed by atoms with Crippen LogP contribution < -0.4 is 15.0 Å². The first-order chi connectivity index (χ1) is 14.2. The number of anilines is 1. The molecule has 2 saturated heterocycles. The lowest BCUT2D eigenvalue weighted by Crippen LogP contribution is -2.53. The van der Waals surface area contributed by atoms with E-state index in [2.05, 4.69) is 44.1 Å². The number of hydrogen-bond acceptors (Lipinski definition) is 4. The fraction of sp³-hybridized carbons (Fsp3) is 0.636. The van der Waals surface area contributed by atoms with Gasteiger partial charge in [0, 0.05) is 70.5 Å². The van der Waals surface area contributed by atoms with E-state index >= 15 is 0 Å². The summed E-state index contributed by atoms with van der Waals surface area (Å²) >= 11 is 0. The molecule has 2 aliphatic heterocycles. The van der Waals surface area contributed by atoms with Crippen LogP contribution in [0.4, 0.5) is 5.69 Å². The quantitative estimate of drug-likeness (QED) is 0.561. The molecule has 0 bridgehead atoms. The molecular formula is C22H35N5O2. The van der Waals surface area contributed by atoms with E-state index in [9.17, 15) is 4.79 Å². The lowest BCUT2D eigenvalue weighted by atomic mass is 10.1. The summed E-state index contributed by atoms with van der Waals surface area (Å²) in [6, 6.07) is 8.57. The van der Waals surface area contributed by atoms with Crippen LogP contribution in [0.2, 0.25) is 0 Å². The summed E-state index contributed by atoms with van der Waals surface area (Å²) in [4.78, 5) is 23.3. The van der Waals surface area contributed by atoms with Crippen LogP contribution >= 0.6 is 0 Å². The summed E-state index contributed by atoms with van der Waals surface area (Å²) in [6.45, 7) is 7.69. The van der Waals surface area contributed by atoms with Crippen molar-refractivity contribution in [1.29, 1.82) is 0 Å². The van der Waals surface area contributed by atoms with E-state index in [1.54, 1.807) is 7.11 Å². The normalized spacial score (nSPS) is 18.9. The highest BCUT2D eigenvalue weighted by Crippen LogP contribution is 2.22. The molecule has 7 heteroatoms. The predicted molar refractivity (Wildman–Crippen MR) is 118 cm³/mol. The number of piperazine rings is 1. The molecule has 0 aliphatic carbocycles. The zero-order valence-electron chi connectivity index (χ0n) is 18.1. The van der Waals surface area contributed by atoms with Gasteiger partial charge in [0.15, 0.2) is 5.96 Å². The summed E-state index contributed by atoms with van der Waals surface area (Å²) in [5, 5.41) is 3.51. The van der Waals surface area contributed by atoms with Crippen LogP contribution in [0.15, 0.2) is 29.3 Å². The SMILES string of the molecule is CCC(CCNC(=NC)N1CCN(c2cccc(OC)c2)CC1)N1CCCC1=O. The van der Waals surface area contributed by atoms with Gasteiger partial charge in [0.2, 0.25) is 5.91 Å². The molecule has 7 nitrogen and oxygen atoms in total. The van der Waals surface area contributed by atoms with Crippen LogP contribution in [-0.2, 0) is 4.79 Å². The minimum atomic E-state index is 0.315. The molecule has 1 aromatic rings. The third kappa shape index (κ3) is 5.34. The second kappa shape index (κ2) is 10.4. The average molecular weight is 402 g/mol. The Labute approximate surface area is 174 Å². The molecule has 0 saturated carbocycles. The van der Waals surface area contributed by atoms with Gasteiger partial charge < -0.3 is 24.8 Å². The van der Waals surface area contributed by atoms with Crippen LogP contribution in [0.1, 0.15) is 32.6 Å². The maximum Gasteiger partial charge on any atom is 0.222 e. The molecule has 1 amide bonds. The Hall–Kier alpha value is -2.44. The first-order valence-corrected chi connectivity index (χ1v) is 10.8. The minimum Gasteiger partial charge on any atom is -0.497 e. The molecule has 3 rings (SSSR count). The van der Waals surface area contributed by atoms with E-state index < -0.39 is 0 Å². The third-order valence-corrected chi connectivity index (χ3v) is 5.99. The zero-order chi connectivity index (χ0) is 20.6. The maximum absolute atomic E-state index is 12.0. The Balaban J connectivity index is 1.47. The van der Waals surface area contributed by atoms with Gasteiger partial charge in [-0.05, 0) is 31.4 Å². The molecule has 1 N–H and O–H groups in total. The van der Waals surface area contributed by atoms with E-state index in [0.717, 1.165) is 70.2 Å². The van der Waals surface area contributed by atoms with Crippen molar-refractivity contribution in [2.45, 2.75) is 38.6 Å². The molecular weight excluding hydrogens is 366 g/mol. The number of methoxy groups -OCH3 is 1. The van der Waals surface area contributed by atoms with Crippen molar-refractivity contribution in [2.24, 2.45) is 4.99 Å². The number of aliphatic imine (C=N–C) groups is 1. The number of carbonyl (C=O) groups excluding carboxylic acids is 1. The topological polar surface area (TPSA) is 60.4 Å². The monoisotopic (exact) mass is 401 g/mol. The van der Waals surface area contributed by atoms with E-state index in [1.165, 1.54) is 5.69 Å². The summed E-state index contributed by atoms with van der Waals surface area (Å²) in [6.07, 6.45) is 3.68. The molecule has 0 aromatic heterocycles. The van der Waals surface area contributed by atoms with Crippen molar-refractivity contribution >= 4 is 17.6 Å². The molecule has 2 fully saturated rings. The molecule has 29 heavy (non-hydrogen) atoms. The Morgan fingerprint density at radius 1 is 1.24 bits per heavy atom. The van der Waals surface area contributed by atoms with Crippen LogP contribution in [0.5, 0.6) is 5.75 Å². The van der Waals surface area contributed by atoms with E-state index in [1.807, 2.05) is 19.2 Å². The molecule has 2 heterocycles. The number of amides is 1. The number of nitrogens with zero attached hydrogens (tertiary/aromatic N) is 4. The lowest BCUT2D eigenvalue weighted by molar-refractivity contribution is -0.129. The van der Waals surface area contributed by atoms with Gasteiger partial charge in [-0.25, -0.2) is 0 Å². The van der Waals surface area contributed by atoms with Crippen LogP contribution in [0.3, 0.4) is 0 Å². The second-order valence-corrected chi connectivity index (χ2v) is 7.69. The van der Waals surface area contributed by atoms with Gasteiger partial charge >= 0.3 is 0 Å². The molecule has 0 spiro atoms. The van der Waals surface area contributed by atoms with Crippen molar-refractivity contribution in [2.75, 3.05) is 58.3 Å². The summed E-state index contributed by atoms with van der Waals surface area (Å²) in [5.74, 6) is 2.16. The van der Waals surface area contributed by atoms with Crippen LogP contribution in [-0.4, -0.2) is 81.1 Å². The van der Waals surface area contributed by atoms with E-state index in [4.69, 9.17) is 4.74 Å². The van der Waals surface area contributed by atoms with Crippen molar-refractivity contribution in [1.82, 2.24) is 15.1 Å². The number of likely N-dealkylation sites (tertiary alicyclic amines) is 1. The van der Waals surface area contributed by atoms with Gasteiger partial charge in [0.25, 0.3) is 0 Å². The largest absolute Gasteiger partial charge is 0.497 e. The van der Waals surface area contributed by atoms with Gasteiger partial charge in [-0.2, -0.15) is 0 Å². The molecule has 0 radical (unpaired) electrons. The number of benzene rings is 1. The summed E-state index contributed by atoms with van der Waals surface area (Å²) < 4.78 is 5.35. The Kier molecular flexibility index (Phi) is 7.61. The van der Waals surface area contributed by atoms with Crippen molar-refractivity contribution in [3.63, 3.8) is 0 Å². The van der Waals surface area contributed by atoms with Crippen molar-refractivity contribution in [3.05, 3.63) is 24.3 Å². The molecule has 2 aliphatic rings. The highest BCUT2D eigenvalue weighted by Gasteiger charge is 2.26. The third-order valence-electron chi connectivity index (χ3n) is 5.99. The fourth-order valence-electron chi connectivity index (χ4n) is 4.30. The van der Waals surface area contributed by atoms with E-state index in [-0.39, 0.29) is 0 Å². The van der Waals surface area contributed by atoms with Crippen LogP contribution in [0.25, 0.3) is 0 Å². The summed E-state index contributed by atoms with van der Waals surface area (Å²) in [7, 11) is 3.55. The first-order valence-electron chi connectivity index (χ1n) is 10.8. The zero-order valence-corrected chi connectivity index (χ0v) is 18.1. The number of guanidine groups is 1. The number of rotatable bonds is 7. The average Bonchev–Trinajstić information content (AvgIpc) is 3.20. The Bertz CT molecular complexity index is 700. The second-order valence-electron chi connectivity index (χ2n) is 7.69. The maximum atomic E-state index is 12.0. The highest BCUT2D eigenvalue weighted by molar-refractivity contribution is 5.80. The summed E-state index contributed by atoms with van der Waals surface area (Å²) in [5.41, 5.74) is 1.20. The first kappa shape index (κ1) is 21.3. The predicted octanol–water partition coefficient (Wildman–Crippen LogP) is 2.18. The standard InChI is InChI=1S/C22H35N5O2/c1-4-18(27-12-6-9-21(27)28)10-11-24-22(23-2)26-15-13-25(14-16-26)19-7-5-8-20(17-19)29-3/h5,7-8,17-18H,4,6,9-16H2,1-3H3,(H,23,24). The lowest BCUT2D eigenvalue weighted by Gasteiger charge is -2.38.